The van der Waals surface area contributed by atoms with Gasteiger partial charge in [0.2, 0.25) is 12.0 Å². The fraction of sp³-hybridized carbons (Fsp3) is 0.370. The second-order valence-electron chi connectivity index (χ2n) is 9.17. The number of methoxy groups -OCH3 is 1. The molecule has 2 aromatic carbocycles. The Morgan fingerprint density at radius 2 is 1.76 bits per heavy atom. The Bertz CT molecular complexity index is 1460. The smallest absolute Gasteiger partial charge is 0.328 e. The number of thioether (sulfide) groups is 1. The maximum absolute atomic E-state index is 13.0. The molecule has 1 aliphatic heterocycles. The number of fused-ring (bicyclic) bond motifs is 1. The van der Waals surface area contributed by atoms with E-state index in [0.717, 1.165) is 19.2 Å². The molecule has 4 rings (SSSR count). The first kappa shape index (κ1) is 30.1. The summed E-state index contributed by atoms with van der Waals surface area (Å²) in [6.45, 7) is 0. The lowest BCUT2D eigenvalue weighted by atomic mass is 9.98. The second kappa shape index (κ2) is 12.8. The molecule has 0 spiro atoms. The summed E-state index contributed by atoms with van der Waals surface area (Å²) in [5.74, 6) is -3.39. The highest BCUT2D eigenvalue weighted by atomic mass is 32.2. The first-order chi connectivity index (χ1) is 19.6. The number of phenolic OH excluding ortho intramolecular Hbond substituents is 2. The third-order valence-corrected chi connectivity index (χ3v) is 7.12. The summed E-state index contributed by atoms with van der Waals surface area (Å²) < 4.78 is 21.5. The van der Waals surface area contributed by atoms with Crippen molar-refractivity contribution < 1.29 is 53.7 Å². The summed E-state index contributed by atoms with van der Waals surface area (Å²) in [5.41, 5.74) is -0.284. The van der Waals surface area contributed by atoms with Crippen molar-refractivity contribution in [2.45, 2.75) is 43.2 Å². The highest BCUT2D eigenvalue weighted by Crippen LogP contribution is 2.42. The number of ether oxygens (including phenoxy) is 3. The molecule has 41 heavy (non-hydrogen) atoms. The van der Waals surface area contributed by atoms with Crippen LogP contribution >= 0.6 is 11.8 Å². The Morgan fingerprint density at radius 1 is 1.05 bits per heavy atom. The van der Waals surface area contributed by atoms with Crippen LogP contribution in [0.3, 0.4) is 0 Å². The van der Waals surface area contributed by atoms with Gasteiger partial charge in [-0.15, -0.1) is 0 Å². The summed E-state index contributed by atoms with van der Waals surface area (Å²) in [5, 5.41) is 54.6. The average Bonchev–Trinajstić information content (AvgIpc) is 2.97. The summed E-state index contributed by atoms with van der Waals surface area (Å²) in [4.78, 5) is 37.8. The van der Waals surface area contributed by atoms with Crippen LogP contribution in [0.1, 0.15) is 6.42 Å². The number of amides is 1. The topological polar surface area (TPSA) is 205 Å². The van der Waals surface area contributed by atoms with Crippen molar-refractivity contribution in [3.63, 3.8) is 0 Å². The van der Waals surface area contributed by atoms with Crippen LogP contribution in [0.2, 0.25) is 0 Å². The van der Waals surface area contributed by atoms with Gasteiger partial charge in [0.15, 0.2) is 23.0 Å². The number of nitrogens with one attached hydrogen (secondary N) is 1. The van der Waals surface area contributed by atoms with Crippen molar-refractivity contribution in [1.29, 1.82) is 0 Å². The molecule has 1 fully saturated rings. The van der Waals surface area contributed by atoms with Crippen LogP contribution in [0.15, 0.2) is 51.7 Å². The minimum Gasteiger partial charge on any atom is -0.504 e. The number of phenols is 2. The molecule has 0 unspecified atom stereocenters. The van der Waals surface area contributed by atoms with Crippen molar-refractivity contribution >= 4 is 34.6 Å². The van der Waals surface area contributed by atoms with E-state index in [1.165, 1.54) is 11.8 Å². The van der Waals surface area contributed by atoms with E-state index < -0.39 is 71.3 Å². The SMILES string of the molecule is COC(=O)[C@@H](CCSC)NC(=O)[C@@H]1O[C@@H](Oc2cc3oc(-c4ccccc4)cc(=O)c3c(O)c2O)[C@@H](O)[C@@H](O)[C@@H]1O. The van der Waals surface area contributed by atoms with E-state index in [-0.39, 0.29) is 23.2 Å². The Hall–Kier alpha value is -3.82. The molecule has 1 saturated heterocycles. The lowest BCUT2D eigenvalue weighted by molar-refractivity contribution is -0.267. The number of aliphatic hydroxyl groups is 3. The van der Waals surface area contributed by atoms with Crippen molar-refractivity contribution in [3.05, 3.63) is 52.7 Å². The molecule has 6 N–H and O–H groups in total. The molecular formula is C27H29NO12S. The van der Waals surface area contributed by atoms with E-state index in [1.54, 1.807) is 36.6 Å². The van der Waals surface area contributed by atoms with Gasteiger partial charge in [-0.3, -0.25) is 9.59 Å². The first-order valence-electron chi connectivity index (χ1n) is 12.4. The summed E-state index contributed by atoms with van der Waals surface area (Å²) >= 11 is 1.42. The molecule has 1 aromatic heterocycles. The number of carbonyl (C=O) groups is 2. The molecule has 14 heteroatoms. The lowest BCUT2D eigenvalue weighted by Gasteiger charge is -2.39. The maximum Gasteiger partial charge on any atom is 0.328 e. The summed E-state index contributed by atoms with van der Waals surface area (Å²) in [6.07, 6.45) is -7.48. The molecule has 3 aromatic rings. The number of hydrogen-bond donors (Lipinski definition) is 6. The third kappa shape index (κ3) is 6.26. The van der Waals surface area contributed by atoms with E-state index in [0.29, 0.717) is 11.3 Å². The second-order valence-corrected chi connectivity index (χ2v) is 10.2. The van der Waals surface area contributed by atoms with Crippen molar-refractivity contribution in [1.82, 2.24) is 5.32 Å². The van der Waals surface area contributed by atoms with Crippen LogP contribution < -0.4 is 15.5 Å². The van der Waals surface area contributed by atoms with Crippen molar-refractivity contribution in [2.24, 2.45) is 0 Å². The number of aromatic hydroxyl groups is 2. The van der Waals surface area contributed by atoms with E-state index in [1.807, 2.05) is 0 Å². The number of benzene rings is 2. The van der Waals surface area contributed by atoms with Gasteiger partial charge >= 0.3 is 5.97 Å². The first-order valence-corrected chi connectivity index (χ1v) is 13.8. The molecule has 220 valence electrons. The van der Waals surface area contributed by atoms with Gasteiger partial charge in [0.25, 0.3) is 5.91 Å². The molecule has 2 heterocycles. The highest BCUT2D eigenvalue weighted by molar-refractivity contribution is 7.98. The van der Waals surface area contributed by atoms with Crippen molar-refractivity contribution in [2.75, 3.05) is 19.1 Å². The Morgan fingerprint density at radius 3 is 2.41 bits per heavy atom. The van der Waals surface area contributed by atoms with Crippen LogP contribution in [0.4, 0.5) is 0 Å². The zero-order valence-corrected chi connectivity index (χ0v) is 22.7. The van der Waals surface area contributed by atoms with E-state index in [4.69, 9.17) is 18.6 Å². The van der Waals surface area contributed by atoms with Gasteiger partial charge in [-0.05, 0) is 18.4 Å². The van der Waals surface area contributed by atoms with Gasteiger partial charge in [0.05, 0.1) is 7.11 Å². The minimum atomic E-state index is -1.95. The zero-order chi connectivity index (χ0) is 29.8. The van der Waals surface area contributed by atoms with E-state index >= 15 is 0 Å². The van der Waals surface area contributed by atoms with Gasteiger partial charge in [0, 0.05) is 17.7 Å². The summed E-state index contributed by atoms with van der Waals surface area (Å²) in [7, 11) is 1.15. The minimum absolute atomic E-state index is 0.157. The van der Waals surface area contributed by atoms with Gasteiger partial charge in [-0.1, -0.05) is 30.3 Å². The Kier molecular flexibility index (Phi) is 9.40. The average molecular weight is 592 g/mol. The predicted octanol–water partition coefficient (Wildman–Crippen LogP) is 0.468. The van der Waals surface area contributed by atoms with Crippen LogP contribution in [0, 0.1) is 0 Å². The van der Waals surface area contributed by atoms with Crippen LogP contribution in [-0.2, 0) is 19.1 Å². The van der Waals surface area contributed by atoms with Gasteiger partial charge < -0.3 is 49.5 Å². The molecule has 0 aliphatic carbocycles. The Balaban J connectivity index is 1.63. The van der Waals surface area contributed by atoms with Crippen molar-refractivity contribution in [3.8, 4) is 28.6 Å². The highest BCUT2D eigenvalue weighted by Gasteiger charge is 2.48. The quantitative estimate of drug-likeness (QED) is 0.148. The predicted molar refractivity (Wildman–Crippen MR) is 146 cm³/mol. The van der Waals surface area contributed by atoms with Crippen LogP contribution in [-0.4, -0.2) is 93.3 Å². The fourth-order valence-corrected chi connectivity index (χ4v) is 4.74. The molecule has 0 bridgehead atoms. The molecule has 1 amide bonds. The molecule has 6 atom stereocenters. The summed E-state index contributed by atoms with van der Waals surface area (Å²) in [6, 6.07) is 9.74. The molecule has 0 saturated carbocycles. The number of esters is 1. The Labute approximate surface area is 237 Å². The van der Waals surface area contributed by atoms with Crippen LogP contribution in [0.5, 0.6) is 17.2 Å². The largest absolute Gasteiger partial charge is 0.504 e. The standard InChI is InChI=1S/C27H29NO12S/c1-37-26(36)13(8-9-41-2)28-25(35)24-22(33)21(32)23(34)27(40-24)39-17-11-16-18(20(31)19(17)30)14(29)10-15(38-16)12-6-4-3-5-7-12/h3-7,10-11,13,21-24,27,30-34H,8-9H2,1-2H3,(H,28,35)/t13-,21+,22+,23+,24-,27-/m1/s1. The van der Waals surface area contributed by atoms with Gasteiger partial charge in [-0.25, -0.2) is 4.79 Å². The zero-order valence-electron chi connectivity index (χ0n) is 21.9. The number of hydrogen-bond acceptors (Lipinski definition) is 13. The number of carbonyl (C=O) groups excluding carboxylic acids is 2. The van der Waals surface area contributed by atoms with Gasteiger partial charge in [-0.2, -0.15) is 11.8 Å². The molecular weight excluding hydrogens is 562 g/mol. The monoisotopic (exact) mass is 591 g/mol. The fourth-order valence-electron chi connectivity index (χ4n) is 4.27. The van der Waals surface area contributed by atoms with E-state index in [9.17, 15) is 39.9 Å². The lowest BCUT2D eigenvalue weighted by Crippen LogP contribution is -2.63. The maximum atomic E-state index is 13.0. The number of aliphatic hydroxyl groups excluding tert-OH is 3. The number of rotatable bonds is 9. The van der Waals surface area contributed by atoms with Crippen LogP contribution in [0.25, 0.3) is 22.3 Å². The normalized spacial score (nSPS) is 23.1. The molecule has 13 nitrogen and oxygen atoms in total. The molecule has 0 radical (unpaired) electrons. The van der Waals surface area contributed by atoms with Gasteiger partial charge in [0.1, 0.15) is 41.1 Å². The van der Waals surface area contributed by atoms with E-state index in [2.05, 4.69) is 5.32 Å². The third-order valence-electron chi connectivity index (χ3n) is 6.47. The molecule has 1 aliphatic rings.